The number of ether oxygens (including phenoxy) is 2. The van der Waals surface area contributed by atoms with Crippen LogP contribution in [0.3, 0.4) is 0 Å². The predicted octanol–water partition coefficient (Wildman–Crippen LogP) is 3.52. The predicted molar refractivity (Wildman–Crippen MR) is 94.7 cm³/mol. The van der Waals surface area contributed by atoms with Gasteiger partial charge in [-0.15, -0.1) is 0 Å². The molecule has 2 rings (SSSR count). The molecule has 2 aromatic rings. The van der Waals surface area contributed by atoms with Crippen molar-refractivity contribution in [3.05, 3.63) is 44.6 Å². The fourth-order valence-corrected chi connectivity index (χ4v) is 2.76. The van der Waals surface area contributed by atoms with Crippen molar-refractivity contribution in [1.82, 2.24) is 9.78 Å². The maximum atomic E-state index is 12.9. The lowest BCUT2D eigenvalue weighted by molar-refractivity contribution is -0.145. The van der Waals surface area contributed by atoms with Crippen LogP contribution in [0.2, 0.25) is 10.0 Å². The summed E-state index contributed by atoms with van der Waals surface area (Å²) in [4.78, 5) is 24.4. The minimum Gasteiger partial charge on any atom is -0.465 e. The molecule has 0 bridgehead atoms. The Balaban J connectivity index is 2.37. The van der Waals surface area contributed by atoms with Gasteiger partial charge in [0.1, 0.15) is 5.56 Å². The monoisotopic (exact) mass is 384 g/mol. The Morgan fingerprint density at radius 1 is 1.20 bits per heavy atom. The van der Waals surface area contributed by atoms with E-state index in [1.54, 1.807) is 33.9 Å². The fraction of sp³-hybridized carbons (Fsp3) is 0.353. The van der Waals surface area contributed by atoms with E-state index in [9.17, 15) is 9.59 Å². The van der Waals surface area contributed by atoms with Gasteiger partial charge in [-0.25, -0.2) is 9.48 Å². The summed E-state index contributed by atoms with van der Waals surface area (Å²) in [7, 11) is 1.61. The van der Waals surface area contributed by atoms with Gasteiger partial charge >= 0.3 is 5.97 Å². The number of carbonyl (C=O) groups excluding carboxylic acids is 2. The summed E-state index contributed by atoms with van der Waals surface area (Å²) in [6.07, 6.45) is 1.37. The first-order valence-electron chi connectivity index (χ1n) is 7.58. The van der Waals surface area contributed by atoms with Crippen molar-refractivity contribution in [3.8, 4) is 5.88 Å². The van der Waals surface area contributed by atoms with Crippen LogP contribution in [0.25, 0.3) is 0 Å². The first-order valence-corrected chi connectivity index (χ1v) is 8.33. The molecule has 0 unspecified atom stereocenters. The largest absolute Gasteiger partial charge is 0.465 e. The summed E-state index contributed by atoms with van der Waals surface area (Å²) in [5, 5.41) is 4.83. The van der Waals surface area contributed by atoms with E-state index >= 15 is 0 Å². The van der Waals surface area contributed by atoms with Gasteiger partial charge < -0.3 is 9.47 Å². The molecule has 134 valence electrons. The highest BCUT2D eigenvalue weighted by Crippen LogP contribution is 2.33. The quantitative estimate of drug-likeness (QED) is 0.562. The van der Waals surface area contributed by atoms with Crippen molar-refractivity contribution in [2.45, 2.75) is 20.8 Å². The zero-order chi connectivity index (χ0) is 18.7. The van der Waals surface area contributed by atoms with Crippen LogP contribution < -0.4 is 4.74 Å². The summed E-state index contributed by atoms with van der Waals surface area (Å²) < 4.78 is 11.6. The number of benzene rings is 1. The second-order valence-electron chi connectivity index (χ2n) is 5.40. The molecule has 0 atom stereocenters. The average Bonchev–Trinajstić information content (AvgIpc) is 2.94. The second-order valence-corrected chi connectivity index (χ2v) is 6.16. The van der Waals surface area contributed by atoms with Gasteiger partial charge in [0.25, 0.3) is 0 Å². The van der Waals surface area contributed by atoms with E-state index in [0.29, 0.717) is 16.1 Å². The van der Waals surface area contributed by atoms with E-state index < -0.39 is 5.97 Å². The standard InChI is InChI=1S/C17H18Cl2N2O4/c1-5-24-13(22)8-25-17-12(7-20-21(17)4)16(23)11-6-9(2)14(18)10(3)15(11)19/h6-7H,5,8H2,1-4H3. The first-order chi connectivity index (χ1) is 11.8. The second kappa shape index (κ2) is 7.89. The van der Waals surface area contributed by atoms with Gasteiger partial charge in [0.2, 0.25) is 11.7 Å². The van der Waals surface area contributed by atoms with E-state index in [1.807, 2.05) is 0 Å². The molecule has 1 aromatic carbocycles. The first kappa shape index (κ1) is 19.3. The molecule has 0 radical (unpaired) electrons. The molecule has 1 aromatic heterocycles. The molecule has 0 aliphatic rings. The van der Waals surface area contributed by atoms with Crippen molar-refractivity contribution >= 4 is 35.0 Å². The number of carbonyl (C=O) groups is 2. The van der Waals surface area contributed by atoms with Crippen LogP contribution in [-0.4, -0.2) is 34.7 Å². The number of rotatable bonds is 6. The van der Waals surface area contributed by atoms with E-state index in [-0.39, 0.29) is 35.5 Å². The van der Waals surface area contributed by atoms with E-state index in [1.165, 1.54) is 10.9 Å². The molecule has 0 N–H and O–H groups in total. The van der Waals surface area contributed by atoms with E-state index in [2.05, 4.69) is 5.10 Å². The van der Waals surface area contributed by atoms with E-state index in [4.69, 9.17) is 32.7 Å². The summed E-state index contributed by atoms with van der Waals surface area (Å²) in [6.45, 7) is 5.17. The molecular weight excluding hydrogens is 367 g/mol. The van der Waals surface area contributed by atoms with Crippen molar-refractivity contribution in [2.75, 3.05) is 13.2 Å². The van der Waals surface area contributed by atoms with Crippen molar-refractivity contribution in [3.63, 3.8) is 0 Å². The number of halogens is 2. The smallest absolute Gasteiger partial charge is 0.344 e. The molecule has 1 heterocycles. The van der Waals surface area contributed by atoms with Gasteiger partial charge in [-0.05, 0) is 38.0 Å². The third kappa shape index (κ3) is 3.96. The average molecular weight is 385 g/mol. The molecule has 0 aliphatic heterocycles. The summed E-state index contributed by atoms with van der Waals surface area (Å²) in [5.74, 6) is -0.725. The highest BCUT2D eigenvalue weighted by Gasteiger charge is 2.24. The Bertz CT molecular complexity index is 831. The molecule has 0 saturated heterocycles. The van der Waals surface area contributed by atoms with Crippen LogP contribution in [0, 0.1) is 13.8 Å². The van der Waals surface area contributed by atoms with Crippen molar-refractivity contribution < 1.29 is 19.1 Å². The number of hydrogen-bond donors (Lipinski definition) is 0. The molecule has 0 spiro atoms. The van der Waals surface area contributed by atoms with Gasteiger partial charge in [-0.3, -0.25) is 4.79 Å². The van der Waals surface area contributed by atoms with Gasteiger partial charge in [0.15, 0.2) is 6.61 Å². The van der Waals surface area contributed by atoms with Crippen LogP contribution in [0.1, 0.15) is 34.0 Å². The number of nitrogens with zero attached hydrogens (tertiary/aromatic N) is 2. The Kier molecular flexibility index (Phi) is 6.08. The summed E-state index contributed by atoms with van der Waals surface area (Å²) in [5.41, 5.74) is 1.87. The van der Waals surface area contributed by atoms with Crippen LogP contribution >= 0.6 is 23.2 Å². The Labute approximate surface area is 155 Å². The van der Waals surface area contributed by atoms with E-state index in [0.717, 1.165) is 5.56 Å². The van der Waals surface area contributed by atoms with Gasteiger partial charge in [0, 0.05) is 17.6 Å². The number of aryl methyl sites for hydroxylation is 2. The molecule has 0 fully saturated rings. The molecule has 6 nitrogen and oxygen atoms in total. The Hall–Kier alpha value is -2.05. The number of aromatic nitrogens is 2. The zero-order valence-electron chi connectivity index (χ0n) is 14.4. The summed E-state index contributed by atoms with van der Waals surface area (Å²) in [6, 6.07) is 1.63. The highest BCUT2D eigenvalue weighted by molar-refractivity contribution is 6.39. The third-order valence-corrected chi connectivity index (χ3v) is 4.68. The number of hydrogen-bond acceptors (Lipinski definition) is 5. The van der Waals surface area contributed by atoms with Gasteiger partial charge in [0.05, 0.1) is 17.8 Å². The normalized spacial score (nSPS) is 10.6. The van der Waals surface area contributed by atoms with Gasteiger partial charge in [-0.1, -0.05) is 23.2 Å². The molecule has 0 saturated carbocycles. The highest BCUT2D eigenvalue weighted by atomic mass is 35.5. The van der Waals surface area contributed by atoms with Crippen LogP contribution in [0.15, 0.2) is 12.3 Å². The lowest BCUT2D eigenvalue weighted by atomic mass is 10.0. The maximum absolute atomic E-state index is 12.9. The number of ketones is 1. The molecule has 0 amide bonds. The van der Waals surface area contributed by atoms with Crippen LogP contribution in [0.4, 0.5) is 0 Å². The lowest BCUT2D eigenvalue weighted by Gasteiger charge is -2.12. The Morgan fingerprint density at radius 3 is 2.52 bits per heavy atom. The lowest BCUT2D eigenvalue weighted by Crippen LogP contribution is -2.17. The molecule has 8 heteroatoms. The van der Waals surface area contributed by atoms with Crippen molar-refractivity contribution in [2.24, 2.45) is 7.05 Å². The molecule has 25 heavy (non-hydrogen) atoms. The maximum Gasteiger partial charge on any atom is 0.344 e. The third-order valence-electron chi connectivity index (χ3n) is 3.61. The minimum absolute atomic E-state index is 0.166. The summed E-state index contributed by atoms with van der Waals surface area (Å²) >= 11 is 12.5. The molecular formula is C17H18Cl2N2O4. The van der Waals surface area contributed by atoms with Crippen molar-refractivity contribution in [1.29, 1.82) is 0 Å². The SMILES string of the molecule is CCOC(=O)COc1c(C(=O)c2cc(C)c(Cl)c(C)c2Cl)cnn1C. The number of esters is 1. The van der Waals surface area contributed by atoms with Crippen LogP contribution in [0.5, 0.6) is 5.88 Å². The Morgan fingerprint density at radius 2 is 1.88 bits per heavy atom. The fourth-order valence-electron chi connectivity index (χ4n) is 2.33. The van der Waals surface area contributed by atoms with Gasteiger partial charge in [-0.2, -0.15) is 5.10 Å². The zero-order valence-corrected chi connectivity index (χ0v) is 15.9. The van der Waals surface area contributed by atoms with Crippen LogP contribution in [-0.2, 0) is 16.6 Å². The minimum atomic E-state index is -0.529. The topological polar surface area (TPSA) is 70.4 Å². The molecule has 0 aliphatic carbocycles.